The number of fused-ring (bicyclic) bond motifs is 1. The molecule has 0 aliphatic carbocycles. The molecule has 96 valence electrons. The zero-order valence-electron chi connectivity index (χ0n) is 11.2. The van der Waals surface area contributed by atoms with Crippen molar-refractivity contribution >= 4 is 16.5 Å². The second-order valence-corrected chi connectivity index (χ2v) is 5.27. The van der Waals surface area contributed by atoms with Crippen LogP contribution in [0.25, 0.3) is 10.8 Å². The Balaban J connectivity index is 2.22. The maximum atomic E-state index is 5.95. The summed E-state index contributed by atoms with van der Waals surface area (Å²) in [7, 11) is 1.68. The summed E-state index contributed by atoms with van der Waals surface area (Å²) in [6, 6.07) is 12.3. The Hall–Kier alpha value is -1.74. The van der Waals surface area contributed by atoms with Crippen LogP contribution in [0.3, 0.4) is 0 Å². The Bertz CT molecular complexity index is 544. The SMILES string of the molecule is COc1ccc2cc(NCC(C)(C)N)ccc2c1. The summed E-state index contributed by atoms with van der Waals surface area (Å²) >= 11 is 0. The molecule has 18 heavy (non-hydrogen) atoms. The highest BCUT2D eigenvalue weighted by atomic mass is 16.5. The molecule has 2 rings (SSSR count). The van der Waals surface area contributed by atoms with Gasteiger partial charge in [0, 0.05) is 17.8 Å². The second kappa shape index (κ2) is 4.86. The highest BCUT2D eigenvalue weighted by Crippen LogP contribution is 2.23. The van der Waals surface area contributed by atoms with E-state index in [1.165, 1.54) is 10.8 Å². The van der Waals surface area contributed by atoms with E-state index in [4.69, 9.17) is 10.5 Å². The number of methoxy groups -OCH3 is 1. The van der Waals surface area contributed by atoms with Gasteiger partial charge in [-0.25, -0.2) is 0 Å². The minimum absolute atomic E-state index is 0.213. The van der Waals surface area contributed by atoms with Crippen molar-refractivity contribution in [2.75, 3.05) is 19.0 Å². The first kappa shape index (κ1) is 12.7. The predicted octanol–water partition coefficient (Wildman–Crippen LogP) is 3.00. The van der Waals surface area contributed by atoms with Crippen molar-refractivity contribution in [2.45, 2.75) is 19.4 Å². The largest absolute Gasteiger partial charge is 0.497 e. The average Bonchev–Trinajstić information content (AvgIpc) is 2.34. The molecule has 0 saturated carbocycles. The van der Waals surface area contributed by atoms with Crippen LogP contribution in [-0.2, 0) is 0 Å². The molecular formula is C15H20N2O. The number of benzene rings is 2. The summed E-state index contributed by atoms with van der Waals surface area (Å²) in [4.78, 5) is 0. The Morgan fingerprint density at radius 1 is 1.11 bits per heavy atom. The van der Waals surface area contributed by atoms with E-state index >= 15 is 0 Å². The standard InChI is InChI=1S/C15H20N2O/c1-15(2,16)10-17-13-6-4-12-9-14(18-3)7-5-11(12)8-13/h4-9,17H,10,16H2,1-3H3. The Labute approximate surface area is 108 Å². The predicted molar refractivity (Wildman–Crippen MR) is 77.3 cm³/mol. The third-order valence-corrected chi connectivity index (χ3v) is 2.80. The van der Waals surface area contributed by atoms with Crippen molar-refractivity contribution in [3.63, 3.8) is 0 Å². The molecule has 3 N–H and O–H groups in total. The normalized spacial score (nSPS) is 11.6. The van der Waals surface area contributed by atoms with Gasteiger partial charge in [0.1, 0.15) is 5.75 Å². The number of rotatable bonds is 4. The first-order chi connectivity index (χ1) is 8.48. The van der Waals surface area contributed by atoms with Crippen LogP contribution in [0, 0.1) is 0 Å². The number of nitrogens with one attached hydrogen (secondary N) is 1. The Kier molecular flexibility index (Phi) is 3.43. The summed E-state index contributed by atoms with van der Waals surface area (Å²) in [5.74, 6) is 0.881. The third kappa shape index (κ3) is 3.14. The van der Waals surface area contributed by atoms with Crippen LogP contribution >= 0.6 is 0 Å². The zero-order valence-corrected chi connectivity index (χ0v) is 11.2. The van der Waals surface area contributed by atoms with Crippen molar-refractivity contribution < 1.29 is 4.74 Å². The van der Waals surface area contributed by atoms with Gasteiger partial charge in [-0.3, -0.25) is 0 Å². The molecular weight excluding hydrogens is 224 g/mol. The molecule has 0 heterocycles. The lowest BCUT2D eigenvalue weighted by molar-refractivity contribution is 0.415. The van der Waals surface area contributed by atoms with E-state index in [-0.39, 0.29) is 5.54 Å². The number of ether oxygens (including phenoxy) is 1. The lowest BCUT2D eigenvalue weighted by atomic mass is 10.1. The van der Waals surface area contributed by atoms with Gasteiger partial charge in [0.15, 0.2) is 0 Å². The van der Waals surface area contributed by atoms with Crippen LogP contribution < -0.4 is 15.8 Å². The monoisotopic (exact) mass is 244 g/mol. The first-order valence-electron chi connectivity index (χ1n) is 6.08. The van der Waals surface area contributed by atoms with Gasteiger partial charge < -0.3 is 15.8 Å². The molecule has 0 bridgehead atoms. The fraction of sp³-hybridized carbons (Fsp3) is 0.333. The van der Waals surface area contributed by atoms with Gasteiger partial charge >= 0.3 is 0 Å². The number of hydrogen-bond acceptors (Lipinski definition) is 3. The van der Waals surface area contributed by atoms with Crippen molar-refractivity contribution in [2.24, 2.45) is 5.73 Å². The maximum absolute atomic E-state index is 5.95. The molecule has 0 aliphatic heterocycles. The molecule has 0 saturated heterocycles. The van der Waals surface area contributed by atoms with Crippen molar-refractivity contribution in [3.05, 3.63) is 36.4 Å². The van der Waals surface area contributed by atoms with E-state index in [0.29, 0.717) is 0 Å². The number of hydrogen-bond donors (Lipinski definition) is 2. The average molecular weight is 244 g/mol. The van der Waals surface area contributed by atoms with Crippen molar-refractivity contribution in [1.82, 2.24) is 0 Å². The molecule has 0 fully saturated rings. The molecule has 0 unspecified atom stereocenters. The minimum Gasteiger partial charge on any atom is -0.497 e. The van der Waals surface area contributed by atoms with Gasteiger partial charge in [-0.2, -0.15) is 0 Å². The fourth-order valence-corrected chi connectivity index (χ4v) is 1.79. The molecule has 0 amide bonds. The third-order valence-electron chi connectivity index (χ3n) is 2.80. The molecule has 0 aliphatic rings. The Morgan fingerprint density at radius 2 is 1.78 bits per heavy atom. The van der Waals surface area contributed by atoms with E-state index in [2.05, 4.69) is 29.6 Å². The van der Waals surface area contributed by atoms with Gasteiger partial charge in [0.05, 0.1) is 7.11 Å². The van der Waals surface area contributed by atoms with Crippen LogP contribution in [0.1, 0.15) is 13.8 Å². The van der Waals surface area contributed by atoms with Gasteiger partial charge in [-0.15, -0.1) is 0 Å². The minimum atomic E-state index is -0.213. The van der Waals surface area contributed by atoms with Crippen LogP contribution in [0.2, 0.25) is 0 Å². The van der Waals surface area contributed by atoms with E-state index in [9.17, 15) is 0 Å². The van der Waals surface area contributed by atoms with Gasteiger partial charge in [-0.05, 0) is 48.9 Å². The summed E-state index contributed by atoms with van der Waals surface area (Å²) in [5.41, 5.74) is 6.83. The fourth-order valence-electron chi connectivity index (χ4n) is 1.79. The van der Waals surface area contributed by atoms with Gasteiger partial charge in [-0.1, -0.05) is 12.1 Å². The first-order valence-corrected chi connectivity index (χ1v) is 6.08. The van der Waals surface area contributed by atoms with Crippen molar-refractivity contribution in [1.29, 1.82) is 0 Å². The quantitative estimate of drug-likeness (QED) is 0.869. The molecule has 3 heteroatoms. The lowest BCUT2D eigenvalue weighted by Gasteiger charge is -2.20. The molecule has 3 nitrogen and oxygen atoms in total. The van der Waals surface area contributed by atoms with Crippen LogP contribution in [-0.4, -0.2) is 19.2 Å². The lowest BCUT2D eigenvalue weighted by Crippen LogP contribution is -2.39. The smallest absolute Gasteiger partial charge is 0.119 e. The molecule has 0 atom stereocenters. The zero-order chi connectivity index (χ0) is 13.2. The van der Waals surface area contributed by atoms with Gasteiger partial charge in [0.25, 0.3) is 0 Å². The molecule has 0 radical (unpaired) electrons. The summed E-state index contributed by atoms with van der Waals surface area (Å²) in [5, 5.41) is 5.71. The molecule has 2 aromatic carbocycles. The van der Waals surface area contributed by atoms with E-state index < -0.39 is 0 Å². The molecule has 0 aromatic heterocycles. The van der Waals surface area contributed by atoms with Crippen LogP contribution in [0.15, 0.2) is 36.4 Å². The molecule has 0 spiro atoms. The van der Waals surface area contributed by atoms with E-state index in [1.54, 1.807) is 7.11 Å². The number of nitrogens with two attached hydrogens (primary N) is 1. The highest BCUT2D eigenvalue weighted by Gasteiger charge is 2.09. The summed E-state index contributed by atoms with van der Waals surface area (Å²) in [6.07, 6.45) is 0. The maximum Gasteiger partial charge on any atom is 0.119 e. The topological polar surface area (TPSA) is 47.3 Å². The van der Waals surface area contributed by atoms with E-state index in [0.717, 1.165) is 18.0 Å². The summed E-state index contributed by atoms with van der Waals surface area (Å²) < 4.78 is 5.21. The second-order valence-electron chi connectivity index (χ2n) is 5.27. The summed E-state index contributed by atoms with van der Waals surface area (Å²) in [6.45, 7) is 4.76. The van der Waals surface area contributed by atoms with E-state index in [1.807, 2.05) is 26.0 Å². The molecule has 2 aromatic rings. The highest BCUT2D eigenvalue weighted by molar-refractivity contribution is 5.86. The van der Waals surface area contributed by atoms with Crippen LogP contribution in [0.4, 0.5) is 5.69 Å². The Morgan fingerprint density at radius 3 is 2.44 bits per heavy atom. The van der Waals surface area contributed by atoms with Crippen LogP contribution in [0.5, 0.6) is 5.75 Å². The van der Waals surface area contributed by atoms with Crippen molar-refractivity contribution in [3.8, 4) is 5.75 Å². The number of anilines is 1. The van der Waals surface area contributed by atoms with Gasteiger partial charge in [0.2, 0.25) is 0 Å².